The number of para-hydroxylation sites is 1. The molecule has 3 amide bonds. The van der Waals surface area contributed by atoms with Crippen molar-refractivity contribution in [1.29, 1.82) is 0 Å². The Balaban J connectivity index is 1.49. The molecule has 212 valence electrons. The van der Waals surface area contributed by atoms with Crippen molar-refractivity contribution in [2.75, 3.05) is 24.7 Å². The number of carbonyl (C=O) groups excluding carboxylic acids is 2. The third-order valence-electron chi connectivity index (χ3n) is 8.48. The number of ether oxygens (including phenoxy) is 2. The van der Waals surface area contributed by atoms with Gasteiger partial charge in [0, 0.05) is 23.4 Å². The summed E-state index contributed by atoms with van der Waals surface area (Å²) in [5.74, 6) is 1.33. The van der Waals surface area contributed by atoms with E-state index in [-0.39, 0.29) is 17.9 Å². The molecule has 6 rings (SSSR count). The van der Waals surface area contributed by atoms with E-state index in [2.05, 4.69) is 37.9 Å². The molecule has 0 aliphatic carbocycles. The van der Waals surface area contributed by atoms with Crippen LogP contribution < -0.4 is 14.4 Å². The summed E-state index contributed by atoms with van der Waals surface area (Å²) in [7, 11) is 0. The van der Waals surface area contributed by atoms with E-state index in [0.29, 0.717) is 42.9 Å². The fourth-order valence-electron chi connectivity index (χ4n) is 6.27. The number of urea groups is 1. The minimum atomic E-state index is -1.16. The Labute approximate surface area is 241 Å². The van der Waals surface area contributed by atoms with Crippen molar-refractivity contribution >= 4 is 28.5 Å². The Morgan fingerprint density at radius 1 is 0.976 bits per heavy atom. The molecule has 4 aromatic rings. The van der Waals surface area contributed by atoms with Gasteiger partial charge in [-0.15, -0.1) is 0 Å². The Morgan fingerprint density at radius 3 is 2.44 bits per heavy atom. The lowest BCUT2D eigenvalue weighted by atomic mass is 9.78. The topological polar surface area (TPSA) is 74.9 Å². The van der Waals surface area contributed by atoms with Gasteiger partial charge in [-0.1, -0.05) is 57.2 Å². The molecule has 1 unspecified atom stereocenters. The summed E-state index contributed by atoms with van der Waals surface area (Å²) < 4.78 is 12.0. The van der Waals surface area contributed by atoms with Crippen molar-refractivity contribution in [3.63, 3.8) is 0 Å². The van der Waals surface area contributed by atoms with E-state index in [9.17, 15) is 9.59 Å². The molecule has 0 spiro atoms. The summed E-state index contributed by atoms with van der Waals surface area (Å²) in [6, 6.07) is 21.6. The molecule has 2 atom stereocenters. The number of carbonyl (C=O) groups is 2. The van der Waals surface area contributed by atoms with Crippen molar-refractivity contribution < 1.29 is 19.1 Å². The highest BCUT2D eigenvalue weighted by Gasteiger charge is 2.60. The van der Waals surface area contributed by atoms with Crippen molar-refractivity contribution in [3.8, 4) is 11.5 Å². The Bertz CT molecular complexity index is 1620. The Morgan fingerprint density at radius 2 is 1.73 bits per heavy atom. The quantitative estimate of drug-likeness (QED) is 0.233. The monoisotopic (exact) mass is 551 g/mol. The second-order valence-corrected chi connectivity index (χ2v) is 11.4. The van der Waals surface area contributed by atoms with Gasteiger partial charge in [0.1, 0.15) is 0 Å². The summed E-state index contributed by atoms with van der Waals surface area (Å²) in [5, 5.41) is 1.05. The molecule has 3 heterocycles. The van der Waals surface area contributed by atoms with Crippen LogP contribution in [-0.2, 0) is 10.3 Å². The SMILES string of the molecule is CCCOc1ccc(C2CN3C(=O)N(c4ccc(C(C)C)cc4)C(=O)[C@]3(C)c3[nH]c4ccccc4c32)cc1OCC. The van der Waals surface area contributed by atoms with Crippen molar-refractivity contribution in [3.05, 3.63) is 89.1 Å². The van der Waals surface area contributed by atoms with Gasteiger partial charge in [-0.05, 0) is 73.2 Å². The number of fused-ring (bicyclic) bond motifs is 5. The number of nitrogens with one attached hydrogen (secondary N) is 1. The number of hydrogen-bond donors (Lipinski definition) is 1. The van der Waals surface area contributed by atoms with Crippen LogP contribution in [0.1, 0.15) is 75.3 Å². The minimum Gasteiger partial charge on any atom is -0.490 e. The predicted molar refractivity (Wildman–Crippen MR) is 161 cm³/mol. The van der Waals surface area contributed by atoms with Gasteiger partial charge in [-0.25, -0.2) is 9.69 Å². The molecule has 2 aliphatic rings. The molecule has 7 nitrogen and oxygen atoms in total. The third kappa shape index (κ3) is 4.17. The number of nitrogens with zero attached hydrogens (tertiary/aromatic N) is 2. The number of anilines is 1. The molecule has 41 heavy (non-hydrogen) atoms. The summed E-state index contributed by atoms with van der Waals surface area (Å²) in [5.41, 5.74) is 4.34. The largest absolute Gasteiger partial charge is 0.490 e. The number of benzene rings is 3. The second kappa shape index (κ2) is 10.3. The lowest BCUT2D eigenvalue weighted by Gasteiger charge is -2.40. The van der Waals surface area contributed by atoms with Gasteiger partial charge in [-0.3, -0.25) is 4.79 Å². The highest BCUT2D eigenvalue weighted by molar-refractivity contribution is 6.23. The first-order chi connectivity index (χ1) is 19.8. The average molecular weight is 552 g/mol. The minimum absolute atomic E-state index is 0.173. The van der Waals surface area contributed by atoms with Gasteiger partial charge in [0.2, 0.25) is 0 Å². The fraction of sp³-hybridized carbons (Fsp3) is 0.353. The maximum Gasteiger partial charge on any atom is 0.332 e. The smallest absolute Gasteiger partial charge is 0.332 e. The molecule has 1 N–H and O–H groups in total. The molecular weight excluding hydrogens is 514 g/mol. The van der Waals surface area contributed by atoms with Gasteiger partial charge < -0.3 is 19.4 Å². The molecule has 7 heteroatoms. The first kappa shape index (κ1) is 26.9. The van der Waals surface area contributed by atoms with E-state index in [1.165, 1.54) is 4.90 Å². The standard InChI is InChI=1S/C34H37N3O4/c1-6-18-41-28-17-14-23(19-29(28)40-7-2)26-20-36-33(39)37(24-15-12-22(13-16-24)21(3)4)32(38)34(36,5)31-30(26)25-10-8-9-11-27(25)35-31/h8-17,19,21,26,35H,6-7,18,20H2,1-5H3/t26?,34-/m0/s1. The molecule has 1 saturated heterocycles. The zero-order chi connectivity index (χ0) is 28.9. The van der Waals surface area contributed by atoms with Crippen LogP contribution in [0.15, 0.2) is 66.7 Å². The van der Waals surface area contributed by atoms with Crippen LogP contribution in [-0.4, -0.2) is 41.6 Å². The highest BCUT2D eigenvalue weighted by Crippen LogP contribution is 2.51. The van der Waals surface area contributed by atoms with Gasteiger partial charge in [0.05, 0.1) is 24.6 Å². The molecule has 1 fully saturated rings. The van der Waals surface area contributed by atoms with E-state index in [0.717, 1.165) is 39.7 Å². The van der Waals surface area contributed by atoms with E-state index in [1.807, 2.05) is 68.4 Å². The van der Waals surface area contributed by atoms with Crippen molar-refractivity contribution in [2.24, 2.45) is 0 Å². The van der Waals surface area contributed by atoms with Gasteiger partial charge in [0.15, 0.2) is 17.0 Å². The molecular formula is C34H37N3O4. The number of amides is 3. The maximum atomic E-state index is 14.3. The van der Waals surface area contributed by atoms with Crippen LogP contribution in [0.4, 0.5) is 10.5 Å². The molecule has 2 aliphatic heterocycles. The normalized spacial score (nSPS) is 20.1. The molecule has 3 aromatic carbocycles. The highest BCUT2D eigenvalue weighted by atomic mass is 16.5. The molecule has 0 bridgehead atoms. The van der Waals surface area contributed by atoms with Crippen molar-refractivity contribution in [2.45, 2.75) is 58.4 Å². The number of H-pyrrole nitrogens is 1. The lowest BCUT2D eigenvalue weighted by molar-refractivity contribution is -0.125. The maximum absolute atomic E-state index is 14.3. The summed E-state index contributed by atoms with van der Waals surface area (Å²) in [6.45, 7) is 11.6. The second-order valence-electron chi connectivity index (χ2n) is 11.4. The molecule has 0 radical (unpaired) electrons. The van der Waals surface area contributed by atoms with Crippen LogP contribution in [0, 0.1) is 0 Å². The van der Waals surface area contributed by atoms with E-state index >= 15 is 0 Å². The van der Waals surface area contributed by atoms with Crippen LogP contribution >= 0.6 is 0 Å². The van der Waals surface area contributed by atoms with Gasteiger partial charge in [-0.2, -0.15) is 0 Å². The van der Waals surface area contributed by atoms with Gasteiger partial charge >= 0.3 is 6.03 Å². The lowest BCUT2D eigenvalue weighted by Crippen LogP contribution is -2.50. The molecule has 1 aromatic heterocycles. The fourth-order valence-corrected chi connectivity index (χ4v) is 6.27. The number of aromatic amines is 1. The zero-order valence-electron chi connectivity index (χ0n) is 24.4. The number of aromatic nitrogens is 1. The third-order valence-corrected chi connectivity index (χ3v) is 8.48. The van der Waals surface area contributed by atoms with Crippen LogP contribution in [0.2, 0.25) is 0 Å². The van der Waals surface area contributed by atoms with E-state index < -0.39 is 5.54 Å². The number of imide groups is 1. The van der Waals surface area contributed by atoms with Crippen LogP contribution in [0.3, 0.4) is 0 Å². The van der Waals surface area contributed by atoms with Gasteiger partial charge in [0.25, 0.3) is 5.91 Å². The Kier molecular flexibility index (Phi) is 6.76. The summed E-state index contributed by atoms with van der Waals surface area (Å²) >= 11 is 0. The first-order valence-electron chi connectivity index (χ1n) is 14.6. The van der Waals surface area contributed by atoms with E-state index in [4.69, 9.17) is 9.47 Å². The summed E-state index contributed by atoms with van der Waals surface area (Å²) in [4.78, 5) is 35.0. The van der Waals surface area contributed by atoms with Crippen molar-refractivity contribution in [1.82, 2.24) is 9.88 Å². The molecule has 0 saturated carbocycles. The number of hydrogen-bond acceptors (Lipinski definition) is 4. The van der Waals surface area contributed by atoms with Crippen LogP contribution in [0.5, 0.6) is 11.5 Å². The van der Waals surface area contributed by atoms with Crippen LogP contribution in [0.25, 0.3) is 10.9 Å². The number of rotatable bonds is 8. The zero-order valence-corrected chi connectivity index (χ0v) is 24.4. The van der Waals surface area contributed by atoms with E-state index in [1.54, 1.807) is 4.90 Å². The predicted octanol–water partition coefficient (Wildman–Crippen LogP) is 7.31. The first-order valence-corrected chi connectivity index (χ1v) is 14.6. The average Bonchev–Trinajstić information content (AvgIpc) is 3.46. The Hall–Kier alpha value is -4.26. The summed E-state index contributed by atoms with van der Waals surface area (Å²) in [6.07, 6.45) is 0.898.